The molecule has 3 N–H and O–H groups in total. The number of rotatable bonds is 6. The number of carbonyl (C=O) groups excluding carboxylic acids is 1. The normalized spacial score (nSPS) is 17.6. The van der Waals surface area contributed by atoms with Gasteiger partial charge in [0.25, 0.3) is 0 Å². The van der Waals surface area contributed by atoms with Crippen LogP contribution in [0.2, 0.25) is 0 Å². The molecule has 3 atom stereocenters. The van der Waals surface area contributed by atoms with Crippen molar-refractivity contribution in [1.82, 2.24) is 5.32 Å². The lowest BCUT2D eigenvalue weighted by Crippen LogP contribution is -2.49. The minimum absolute atomic E-state index is 0.148. The van der Waals surface area contributed by atoms with Gasteiger partial charge in [-0.3, -0.25) is 9.00 Å². The van der Waals surface area contributed by atoms with E-state index in [0.29, 0.717) is 6.54 Å². The zero-order valence-electron chi connectivity index (χ0n) is 10.9. The van der Waals surface area contributed by atoms with Crippen LogP contribution < -0.4 is 11.1 Å². The fraction of sp³-hybridized carbons (Fsp3) is 0.909. The Balaban J connectivity index is 4.46. The first-order valence-electron chi connectivity index (χ1n) is 5.66. The van der Waals surface area contributed by atoms with Crippen molar-refractivity contribution in [3.8, 4) is 0 Å². The number of hydrogen-bond acceptors (Lipinski definition) is 3. The minimum atomic E-state index is -1.21. The SMILES string of the molecule is CCC(C)(C)NC(=O)C(C)S(=O)C(C)CN. The van der Waals surface area contributed by atoms with Crippen LogP contribution in [0.25, 0.3) is 0 Å². The van der Waals surface area contributed by atoms with Crippen molar-refractivity contribution in [2.45, 2.75) is 57.1 Å². The summed E-state index contributed by atoms with van der Waals surface area (Å²) in [4.78, 5) is 11.8. The van der Waals surface area contributed by atoms with Crippen LogP contribution in [-0.4, -0.2) is 32.7 Å². The summed E-state index contributed by atoms with van der Waals surface area (Å²) in [6.07, 6.45) is 0.838. The number of amides is 1. The number of nitrogens with two attached hydrogens (primary N) is 1. The van der Waals surface area contributed by atoms with Gasteiger partial charge in [0.05, 0.1) is 0 Å². The molecule has 3 unspecified atom stereocenters. The third-order valence-corrected chi connectivity index (χ3v) is 4.69. The first kappa shape index (κ1) is 15.6. The molecule has 0 saturated carbocycles. The van der Waals surface area contributed by atoms with Crippen LogP contribution in [0.4, 0.5) is 0 Å². The Bertz CT molecular complexity index is 267. The van der Waals surface area contributed by atoms with Gasteiger partial charge in [0.1, 0.15) is 5.25 Å². The highest BCUT2D eigenvalue weighted by molar-refractivity contribution is 7.87. The van der Waals surface area contributed by atoms with E-state index in [2.05, 4.69) is 5.32 Å². The molecule has 5 heteroatoms. The molecule has 0 saturated heterocycles. The lowest BCUT2D eigenvalue weighted by molar-refractivity contribution is -0.122. The molecular weight excluding hydrogens is 224 g/mol. The summed E-state index contributed by atoms with van der Waals surface area (Å²) in [7, 11) is -1.21. The fourth-order valence-electron chi connectivity index (χ4n) is 1.07. The first-order valence-corrected chi connectivity index (χ1v) is 6.94. The lowest BCUT2D eigenvalue weighted by atomic mass is 10.0. The Labute approximate surface area is 101 Å². The van der Waals surface area contributed by atoms with Crippen LogP contribution >= 0.6 is 0 Å². The first-order chi connectivity index (χ1) is 7.25. The maximum Gasteiger partial charge on any atom is 0.235 e. The third-order valence-electron chi connectivity index (χ3n) is 2.79. The second-order valence-electron chi connectivity index (χ2n) is 4.74. The van der Waals surface area contributed by atoms with E-state index in [1.165, 1.54) is 0 Å². The van der Waals surface area contributed by atoms with Gasteiger partial charge in [-0.25, -0.2) is 0 Å². The quantitative estimate of drug-likeness (QED) is 0.729. The van der Waals surface area contributed by atoms with E-state index in [1.54, 1.807) is 13.8 Å². The topological polar surface area (TPSA) is 72.2 Å². The molecule has 4 nitrogen and oxygen atoms in total. The highest BCUT2D eigenvalue weighted by atomic mass is 32.2. The molecule has 0 fully saturated rings. The summed E-state index contributed by atoms with van der Waals surface area (Å²) in [5.74, 6) is -0.162. The van der Waals surface area contributed by atoms with Gasteiger partial charge in [0.2, 0.25) is 5.91 Å². The van der Waals surface area contributed by atoms with E-state index in [9.17, 15) is 9.00 Å². The largest absolute Gasteiger partial charge is 0.350 e. The predicted molar refractivity (Wildman–Crippen MR) is 68.6 cm³/mol. The van der Waals surface area contributed by atoms with Crippen LogP contribution in [0.1, 0.15) is 41.0 Å². The van der Waals surface area contributed by atoms with Crippen molar-refractivity contribution in [3.05, 3.63) is 0 Å². The smallest absolute Gasteiger partial charge is 0.235 e. The third kappa shape index (κ3) is 4.61. The number of hydrogen-bond donors (Lipinski definition) is 2. The lowest BCUT2D eigenvalue weighted by Gasteiger charge is -2.27. The van der Waals surface area contributed by atoms with Gasteiger partial charge in [-0.2, -0.15) is 0 Å². The van der Waals surface area contributed by atoms with Crippen LogP contribution in [0, 0.1) is 0 Å². The number of carbonyl (C=O) groups is 1. The van der Waals surface area contributed by atoms with Crippen LogP contribution in [0.5, 0.6) is 0 Å². The second kappa shape index (κ2) is 6.35. The predicted octanol–water partition coefficient (Wildman–Crippen LogP) is 0.776. The van der Waals surface area contributed by atoms with Gasteiger partial charge >= 0.3 is 0 Å². The van der Waals surface area contributed by atoms with E-state index in [0.717, 1.165) is 6.42 Å². The van der Waals surface area contributed by atoms with Crippen molar-refractivity contribution in [2.75, 3.05) is 6.54 Å². The zero-order chi connectivity index (χ0) is 12.9. The van der Waals surface area contributed by atoms with Crippen molar-refractivity contribution < 1.29 is 9.00 Å². The summed E-state index contributed by atoms with van der Waals surface area (Å²) in [5, 5.41) is 2.24. The molecule has 0 heterocycles. The molecule has 0 aromatic rings. The Morgan fingerprint density at radius 3 is 2.31 bits per heavy atom. The minimum Gasteiger partial charge on any atom is -0.350 e. The average molecular weight is 248 g/mol. The molecule has 0 radical (unpaired) electrons. The van der Waals surface area contributed by atoms with Crippen molar-refractivity contribution in [1.29, 1.82) is 0 Å². The van der Waals surface area contributed by atoms with E-state index in [4.69, 9.17) is 5.73 Å². The maximum absolute atomic E-state index is 11.9. The molecule has 0 aromatic carbocycles. The highest BCUT2D eigenvalue weighted by Crippen LogP contribution is 2.10. The molecule has 0 aromatic heterocycles. The molecule has 0 rings (SSSR count). The molecule has 96 valence electrons. The van der Waals surface area contributed by atoms with E-state index in [-0.39, 0.29) is 16.7 Å². The molecule has 1 amide bonds. The monoisotopic (exact) mass is 248 g/mol. The van der Waals surface area contributed by atoms with Crippen molar-refractivity contribution >= 4 is 16.7 Å². The van der Waals surface area contributed by atoms with Crippen molar-refractivity contribution in [2.24, 2.45) is 5.73 Å². The Morgan fingerprint density at radius 2 is 1.94 bits per heavy atom. The van der Waals surface area contributed by atoms with Crippen LogP contribution in [0.15, 0.2) is 0 Å². The second-order valence-corrected chi connectivity index (χ2v) is 6.91. The fourth-order valence-corrected chi connectivity index (χ4v) is 2.23. The molecule has 0 spiro atoms. The maximum atomic E-state index is 11.9. The molecule has 0 aliphatic rings. The van der Waals surface area contributed by atoms with E-state index < -0.39 is 16.0 Å². The summed E-state index contributed by atoms with van der Waals surface area (Å²) >= 11 is 0. The van der Waals surface area contributed by atoms with Gasteiger partial charge in [-0.05, 0) is 34.1 Å². The molecule has 0 aliphatic heterocycles. The van der Waals surface area contributed by atoms with Gasteiger partial charge in [-0.1, -0.05) is 6.92 Å². The van der Waals surface area contributed by atoms with E-state index >= 15 is 0 Å². The van der Waals surface area contributed by atoms with Gasteiger partial charge < -0.3 is 11.1 Å². The van der Waals surface area contributed by atoms with E-state index in [1.807, 2.05) is 20.8 Å². The molecular formula is C11H24N2O2S. The molecule has 16 heavy (non-hydrogen) atoms. The average Bonchev–Trinajstić information content (AvgIpc) is 2.25. The molecule has 0 bridgehead atoms. The summed E-state index contributed by atoms with van der Waals surface area (Å²) in [5.41, 5.74) is 5.19. The molecule has 0 aliphatic carbocycles. The van der Waals surface area contributed by atoms with Gasteiger partial charge in [-0.15, -0.1) is 0 Å². The Morgan fingerprint density at radius 1 is 1.44 bits per heavy atom. The number of nitrogens with one attached hydrogen (secondary N) is 1. The Hall–Kier alpha value is -0.420. The highest BCUT2D eigenvalue weighted by Gasteiger charge is 2.27. The Kier molecular flexibility index (Phi) is 6.18. The van der Waals surface area contributed by atoms with Crippen LogP contribution in [-0.2, 0) is 15.6 Å². The van der Waals surface area contributed by atoms with Crippen LogP contribution in [0.3, 0.4) is 0 Å². The standard InChI is InChI=1S/C11H24N2O2S/c1-6-11(4,5)13-10(14)9(3)16(15)8(2)7-12/h8-9H,6-7,12H2,1-5H3,(H,13,14). The summed E-state index contributed by atoms with van der Waals surface area (Å²) in [6.45, 7) is 9.72. The summed E-state index contributed by atoms with van der Waals surface area (Å²) in [6, 6.07) is 0. The van der Waals surface area contributed by atoms with Crippen molar-refractivity contribution in [3.63, 3.8) is 0 Å². The van der Waals surface area contributed by atoms with Gasteiger partial charge in [0.15, 0.2) is 0 Å². The van der Waals surface area contributed by atoms with Gasteiger partial charge in [0, 0.05) is 28.1 Å². The zero-order valence-corrected chi connectivity index (χ0v) is 11.7. The summed E-state index contributed by atoms with van der Waals surface area (Å²) < 4.78 is 11.9.